The Bertz CT molecular complexity index is 494. The van der Waals surface area contributed by atoms with Crippen LogP contribution in [0, 0.1) is 5.92 Å². The Morgan fingerprint density at radius 3 is 2.50 bits per heavy atom. The number of nitrogens with zero attached hydrogens (tertiary/aromatic N) is 1. The van der Waals surface area contributed by atoms with Gasteiger partial charge in [0, 0.05) is 26.2 Å². The van der Waals surface area contributed by atoms with Crippen molar-refractivity contribution in [1.29, 1.82) is 0 Å². The third-order valence-corrected chi connectivity index (χ3v) is 4.23. The van der Waals surface area contributed by atoms with Crippen molar-refractivity contribution in [2.75, 3.05) is 19.8 Å². The molecule has 20 heavy (non-hydrogen) atoms. The molecule has 0 radical (unpaired) electrons. The van der Waals surface area contributed by atoms with Crippen molar-refractivity contribution < 1.29 is 14.3 Å². The molecule has 2 aliphatic rings. The maximum absolute atomic E-state index is 12.5. The lowest BCUT2D eigenvalue weighted by molar-refractivity contribution is -0.140. The van der Waals surface area contributed by atoms with E-state index in [0.717, 1.165) is 31.6 Å². The van der Waals surface area contributed by atoms with E-state index in [1.165, 1.54) is 4.90 Å². The molecule has 4 nitrogen and oxygen atoms in total. The van der Waals surface area contributed by atoms with E-state index in [2.05, 4.69) is 0 Å². The Labute approximate surface area is 118 Å². The number of carbonyl (C=O) groups is 2. The summed E-state index contributed by atoms with van der Waals surface area (Å²) < 4.78 is 5.32. The van der Waals surface area contributed by atoms with Gasteiger partial charge in [0.05, 0.1) is 5.92 Å². The molecule has 4 heteroatoms. The normalized spacial score (nSPS) is 24.4. The smallest absolute Gasteiger partial charge is 0.237 e. The third kappa shape index (κ3) is 2.61. The van der Waals surface area contributed by atoms with E-state index in [1.54, 1.807) is 0 Å². The van der Waals surface area contributed by atoms with Crippen LogP contribution in [-0.2, 0) is 14.3 Å². The van der Waals surface area contributed by atoms with Crippen LogP contribution in [0.2, 0.25) is 0 Å². The molecular formula is C16H19NO3. The molecule has 1 aromatic rings. The lowest BCUT2D eigenvalue weighted by Crippen LogP contribution is -2.36. The molecule has 0 N–H and O–H groups in total. The van der Waals surface area contributed by atoms with E-state index >= 15 is 0 Å². The minimum Gasteiger partial charge on any atom is -0.381 e. The van der Waals surface area contributed by atoms with Crippen LogP contribution < -0.4 is 0 Å². The first-order valence-corrected chi connectivity index (χ1v) is 7.22. The van der Waals surface area contributed by atoms with Crippen LogP contribution in [-0.4, -0.2) is 36.5 Å². The summed E-state index contributed by atoms with van der Waals surface area (Å²) in [5.74, 6) is 0.0396. The molecule has 1 unspecified atom stereocenters. The van der Waals surface area contributed by atoms with Crippen molar-refractivity contribution in [2.45, 2.75) is 25.2 Å². The standard InChI is InChI=1S/C16H19NO3/c18-15-10-14(13-4-2-1-3-5-13)16(19)17(15)11-12-6-8-20-9-7-12/h1-5,12,14H,6-11H2. The highest BCUT2D eigenvalue weighted by Crippen LogP contribution is 2.31. The van der Waals surface area contributed by atoms with Crippen LogP contribution in [0.1, 0.15) is 30.7 Å². The molecule has 106 valence electrons. The molecule has 1 aromatic carbocycles. The largest absolute Gasteiger partial charge is 0.381 e. The quantitative estimate of drug-likeness (QED) is 0.791. The summed E-state index contributed by atoms with van der Waals surface area (Å²) in [6, 6.07) is 9.59. The molecule has 0 aromatic heterocycles. The van der Waals surface area contributed by atoms with Gasteiger partial charge in [0.2, 0.25) is 11.8 Å². The molecular weight excluding hydrogens is 254 g/mol. The number of imide groups is 1. The molecule has 0 spiro atoms. The van der Waals surface area contributed by atoms with Gasteiger partial charge in [-0.3, -0.25) is 14.5 Å². The first-order chi connectivity index (χ1) is 9.75. The first kappa shape index (κ1) is 13.3. The van der Waals surface area contributed by atoms with Gasteiger partial charge < -0.3 is 4.74 Å². The highest BCUT2D eigenvalue weighted by Gasteiger charge is 2.40. The maximum atomic E-state index is 12.5. The molecule has 1 atom stereocenters. The van der Waals surface area contributed by atoms with Gasteiger partial charge in [-0.1, -0.05) is 30.3 Å². The second-order valence-electron chi connectivity index (χ2n) is 5.57. The van der Waals surface area contributed by atoms with Crippen molar-refractivity contribution >= 4 is 11.8 Å². The van der Waals surface area contributed by atoms with Gasteiger partial charge in [0.15, 0.2) is 0 Å². The summed E-state index contributed by atoms with van der Waals surface area (Å²) in [5.41, 5.74) is 0.945. The van der Waals surface area contributed by atoms with Gasteiger partial charge in [-0.05, 0) is 24.3 Å². The third-order valence-electron chi connectivity index (χ3n) is 4.23. The summed E-state index contributed by atoms with van der Waals surface area (Å²) in [7, 11) is 0. The maximum Gasteiger partial charge on any atom is 0.237 e. The Morgan fingerprint density at radius 1 is 1.10 bits per heavy atom. The van der Waals surface area contributed by atoms with E-state index in [-0.39, 0.29) is 17.7 Å². The van der Waals surface area contributed by atoms with Gasteiger partial charge in [0.25, 0.3) is 0 Å². The molecule has 0 aliphatic carbocycles. The molecule has 2 fully saturated rings. The van der Waals surface area contributed by atoms with E-state index in [0.29, 0.717) is 18.9 Å². The van der Waals surface area contributed by atoms with Crippen molar-refractivity contribution in [1.82, 2.24) is 4.90 Å². The van der Waals surface area contributed by atoms with E-state index in [9.17, 15) is 9.59 Å². The zero-order valence-corrected chi connectivity index (χ0v) is 11.5. The van der Waals surface area contributed by atoms with Crippen LogP contribution in [0.3, 0.4) is 0 Å². The number of ether oxygens (including phenoxy) is 1. The van der Waals surface area contributed by atoms with Crippen molar-refractivity contribution in [2.24, 2.45) is 5.92 Å². The van der Waals surface area contributed by atoms with Crippen LogP contribution in [0.5, 0.6) is 0 Å². The summed E-state index contributed by atoms with van der Waals surface area (Å²) in [6.07, 6.45) is 2.19. The summed E-state index contributed by atoms with van der Waals surface area (Å²) in [6.45, 7) is 2.04. The van der Waals surface area contributed by atoms with Crippen LogP contribution in [0.25, 0.3) is 0 Å². The molecule has 3 rings (SSSR count). The molecule has 2 aliphatic heterocycles. The van der Waals surface area contributed by atoms with Crippen molar-refractivity contribution in [3.63, 3.8) is 0 Å². The van der Waals surface area contributed by atoms with Gasteiger partial charge in [-0.25, -0.2) is 0 Å². The van der Waals surface area contributed by atoms with Gasteiger partial charge >= 0.3 is 0 Å². The molecule has 0 bridgehead atoms. The highest BCUT2D eigenvalue weighted by molar-refractivity contribution is 6.06. The van der Waals surface area contributed by atoms with E-state index in [1.807, 2.05) is 30.3 Å². The monoisotopic (exact) mass is 273 g/mol. The number of hydrogen-bond donors (Lipinski definition) is 0. The Morgan fingerprint density at radius 2 is 1.80 bits per heavy atom. The average molecular weight is 273 g/mol. The lowest BCUT2D eigenvalue weighted by atomic mass is 9.97. The van der Waals surface area contributed by atoms with Crippen LogP contribution in [0.15, 0.2) is 30.3 Å². The minimum atomic E-state index is -0.288. The summed E-state index contributed by atoms with van der Waals surface area (Å²) in [4.78, 5) is 26.0. The second-order valence-corrected chi connectivity index (χ2v) is 5.57. The Balaban J connectivity index is 1.70. The second kappa shape index (κ2) is 5.75. The predicted octanol–water partition coefficient (Wildman–Crippen LogP) is 1.96. The number of carbonyl (C=O) groups excluding carboxylic acids is 2. The first-order valence-electron chi connectivity index (χ1n) is 7.22. The van der Waals surface area contributed by atoms with Crippen LogP contribution >= 0.6 is 0 Å². The zero-order valence-electron chi connectivity index (χ0n) is 11.5. The van der Waals surface area contributed by atoms with Crippen molar-refractivity contribution in [3.05, 3.63) is 35.9 Å². The number of amides is 2. The van der Waals surface area contributed by atoms with Crippen molar-refractivity contribution in [3.8, 4) is 0 Å². The summed E-state index contributed by atoms with van der Waals surface area (Å²) >= 11 is 0. The number of rotatable bonds is 3. The van der Waals surface area contributed by atoms with Crippen LogP contribution in [0.4, 0.5) is 0 Å². The predicted molar refractivity (Wildman–Crippen MR) is 74.1 cm³/mol. The molecule has 2 saturated heterocycles. The van der Waals surface area contributed by atoms with E-state index in [4.69, 9.17) is 4.74 Å². The SMILES string of the molecule is O=C1CC(c2ccccc2)C(=O)N1CC1CCOCC1. The summed E-state index contributed by atoms with van der Waals surface area (Å²) in [5, 5.41) is 0. The van der Waals surface area contributed by atoms with Gasteiger partial charge in [-0.15, -0.1) is 0 Å². The Kier molecular flexibility index (Phi) is 3.83. The molecule has 2 amide bonds. The number of hydrogen-bond acceptors (Lipinski definition) is 3. The fourth-order valence-electron chi connectivity index (χ4n) is 3.01. The van der Waals surface area contributed by atoms with Gasteiger partial charge in [0.1, 0.15) is 0 Å². The molecule has 2 heterocycles. The average Bonchev–Trinajstić information content (AvgIpc) is 2.77. The fourth-order valence-corrected chi connectivity index (χ4v) is 3.01. The number of likely N-dealkylation sites (tertiary alicyclic amines) is 1. The Hall–Kier alpha value is -1.68. The minimum absolute atomic E-state index is 0.0321. The van der Waals surface area contributed by atoms with Gasteiger partial charge in [-0.2, -0.15) is 0 Å². The number of benzene rings is 1. The zero-order chi connectivity index (χ0) is 13.9. The molecule has 0 saturated carbocycles. The lowest BCUT2D eigenvalue weighted by Gasteiger charge is -2.26. The highest BCUT2D eigenvalue weighted by atomic mass is 16.5. The fraction of sp³-hybridized carbons (Fsp3) is 0.500. The topological polar surface area (TPSA) is 46.6 Å². The van der Waals surface area contributed by atoms with E-state index < -0.39 is 0 Å².